The lowest BCUT2D eigenvalue weighted by Gasteiger charge is -2.20. The van der Waals surface area contributed by atoms with Gasteiger partial charge < -0.3 is 49.4 Å². The van der Waals surface area contributed by atoms with Gasteiger partial charge in [-0.2, -0.15) is 53.9 Å². The third-order valence-corrected chi connectivity index (χ3v) is 21.2. The fourth-order valence-electron chi connectivity index (χ4n) is 11.8. The molecule has 4 heterocycles. The first kappa shape index (κ1) is 103. The molecule has 0 bridgehead atoms. The van der Waals surface area contributed by atoms with E-state index in [2.05, 4.69) is 83.3 Å². The molecule has 6 aliphatic carbocycles. The van der Waals surface area contributed by atoms with Crippen molar-refractivity contribution in [2.75, 3.05) is 64.1 Å². The summed E-state index contributed by atoms with van der Waals surface area (Å²) in [6.07, 6.45) is 15.4. The van der Waals surface area contributed by atoms with Crippen LogP contribution in [0.1, 0.15) is 183 Å². The van der Waals surface area contributed by atoms with Crippen LogP contribution >= 0.6 is 72.3 Å². The summed E-state index contributed by atoms with van der Waals surface area (Å²) in [6, 6.07) is 8.38. The van der Waals surface area contributed by atoms with Crippen LogP contribution in [0.5, 0.6) is 0 Å². The van der Waals surface area contributed by atoms with Crippen molar-refractivity contribution in [1.29, 1.82) is 0 Å². The number of aryl methyl sites for hydroxylation is 1. The van der Waals surface area contributed by atoms with Crippen LogP contribution < -0.4 is 10.6 Å². The number of quaternary nitrogens is 1. The van der Waals surface area contributed by atoms with Crippen LogP contribution in [0.3, 0.4) is 0 Å². The average molecular weight is 1740 g/mol. The van der Waals surface area contributed by atoms with Crippen LogP contribution in [0.4, 0.5) is 0 Å². The molecule has 3 saturated heterocycles. The van der Waals surface area contributed by atoms with E-state index >= 15 is 0 Å². The number of ketones is 1. The lowest BCUT2D eigenvalue weighted by Crippen LogP contribution is -3.13. The van der Waals surface area contributed by atoms with E-state index in [1.807, 2.05) is 65.8 Å². The van der Waals surface area contributed by atoms with E-state index in [9.17, 15) is 68.1 Å². The third-order valence-electron chi connectivity index (χ3n) is 18.5. The molecule has 620 valence electrons. The number of alkyl halides is 2. The molecule has 3 aliphatic heterocycles. The predicted octanol–water partition coefficient (Wildman–Crippen LogP) is 8.58. The summed E-state index contributed by atoms with van der Waals surface area (Å²) in [5, 5.41) is 60.3. The zero-order valence-corrected chi connectivity index (χ0v) is 71.8. The molecule has 17 atom stereocenters. The molecule has 0 spiro atoms. The predicted molar refractivity (Wildman–Crippen MR) is 429 cm³/mol. The Morgan fingerprint density at radius 2 is 1.19 bits per heavy atom. The number of carbonyl (C=O) groups excluding carboxylic acids is 4. The van der Waals surface area contributed by atoms with E-state index in [1.165, 1.54) is 77.5 Å². The van der Waals surface area contributed by atoms with Gasteiger partial charge in [-0.1, -0.05) is 67.9 Å². The first-order valence-electron chi connectivity index (χ1n) is 35.9. The molecule has 6 saturated carbocycles. The normalized spacial score (nSPS) is 27.2. The highest BCUT2D eigenvalue weighted by Crippen LogP contribution is 2.42. The Kier molecular flexibility index (Phi) is 45.9. The number of nitrogens with zero attached hydrogens (tertiary/aromatic N) is 8. The van der Waals surface area contributed by atoms with Crippen LogP contribution in [0.2, 0.25) is 0 Å². The van der Waals surface area contributed by atoms with Crippen molar-refractivity contribution in [1.82, 2.24) is 19.9 Å². The number of rotatable bonds is 22. The van der Waals surface area contributed by atoms with E-state index in [-0.39, 0.29) is 110 Å². The van der Waals surface area contributed by atoms with E-state index in [0.29, 0.717) is 66.6 Å². The maximum absolute atomic E-state index is 12.5. The number of carboxylic acid groups (broad SMARTS) is 1. The second-order valence-corrected chi connectivity index (χ2v) is 34.7. The number of aromatic nitrogens is 2. The smallest absolute Gasteiger partial charge is 0.330 e. The molecule has 11 rings (SSSR count). The van der Waals surface area contributed by atoms with Crippen molar-refractivity contribution in [3.8, 4) is 11.4 Å². The summed E-state index contributed by atoms with van der Waals surface area (Å²) >= 11 is 6.35. The minimum atomic E-state index is -3.45. The van der Waals surface area contributed by atoms with E-state index < -0.39 is 66.8 Å². The standard InChI is InChI=1S/C20H25N3O2.C9H16N2O2.C9H18N2.C8H13NO4.C7H12Br2O2.C7H12O2.C5H9NO5S.C4H7NO3.CH2O2.3H2S/c1-13-4-3-9-23(13)12-18-10-17(18)11-19(24)15-5-7-16(8-6-15)20-21-14(2)25-22-20;1-7-3-2-4-10(7)6-8-5-9(8)11(12)13;1-7-3-2-4-11(7)6-8-5-9(8)10;1-8(2,3)13-7(10)5-4-6(5)9(11)12;1-7(2,3)11-6(10)5(9)4-8;1-5-6(8)9-7(2,3)4;1-12(9,10)11-3-4-2-5(4)6(7)8;6-2-3-1-4(3)5(7)8;2-1-3;;;/h5-8,13,17-18H,3-4,9-12H2,1-2H3;7-9H,2-6H2,1H3;7-9H,2-6,10H2,1H3;5-6H,4H2,1-3H3;5H,4H2,1-3H3;5H,1H2,2-4H3;4-5H,2-3H2,1H3;3-4,6H,1-2H2;1H,(H,2,3);3*1H2/p+1/t13-,17?,18?;2*7-,8-,9+;5-,6-;;;4-,5+;3-,4+;;;;/m0001..00..../s1. The summed E-state index contributed by atoms with van der Waals surface area (Å²) < 4.78 is 45.2. The molecule has 2 aromatic rings. The van der Waals surface area contributed by atoms with Crippen molar-refractivity contribution in [2.45, 2.75) is 243 Å². The monoisotopic (exact) mass is 1740 g/mol. The number of aliphatic hydroxyl groups excluding tert-OH is 1. The number of nitro groups is 4. The Morgan fingerprint density at radius 1 is 0.722 bits per heavy atom. The highest BCUT2D eigenvalue weighted by molar-refractivity contribution is 9.12. The zero-order chi connectivity index (χ0) is 79.6. The van der Waals surface area contributed by atoms with Crippen LogP contribution in [0, 0.1) is 88.8 Å². The second kappa shape index (κ2) is 48.1. The van der Waals surface area contributed by atoms with Gasteiger partial charge in [-0.25, -0.2) is 4.79 Å². The van der Waals surface area contributed by atoms with Gasteiger partial charge in [0.1, 0.15) is 27.5 Å². The minimum Gasteiger partial charge on any atom is -0.483 e. The van der Waals surface area contributed by atoms with Gasteiger partial charge in [0.2, 0.25) is 35.9 Å². The van der Waals surface area contributed by atoms with E-state index in [1.54, 1.807) is 32.6 Å². The lowest BCUT2D eigenvalue weighted by molar-refractivity contribution is -0.912. The molecule has 38 heteroatoms. The molecule has 1 aromatic heterocycles. The number of hydrogen-bond donors (Lipinski definition) is 4. The average Bonchev–Trinajstić information content (AvgIpc) is 1.67. The van der Waals surface area contributed by atoms with Gasteiger partial charge in [0.05, 0.1) is 50.4 Å². The fraction of sp³-hybridized carbons (Fsp3) is 0.786. The number of aliphatic hydroxyl groups is 1. The van der Waals surface area contributed by atoms with E-state index in [0.717, 1.165) is 66.9 Å². The molecule has 4 unspecified atom stereocenters. The SMILES string of the molecule is C=CC(=O)OC(C)(C)C.CC(C)(C)OC(=O)C(Br)CBr.CC(C)(C)OC(=O)[C@@H]1C[C@H]1[N+](=O)[O-].CS(=O)(=O)OC[C@@H]1C[C@H]1[N+](=O)[O-].C[C@H]1CCCN1C[C@@H]1C[C@H]1N.C[C@H]1CCCN1C[C@@H]1C[C@H]1[N+](=O)[O-].Cc1nc(-c2ccc(C(=O)CC3CC3C[NH+]3CCC[C@@H]3C)cc2)no1.O=CO.O=[N+]([O-])[C@@H]1C[C@H]1CO.S.S.S. The summed E-state index contributed by atoms with van der Waals surface area (Å²) in [6.45, 7) is 35.1. The van der Waals surface area contributed by atoms with Gasteiger partial charge in [-0.05, 0) is 147 Å². The highest BCUT2D eigenvalue weighted by atomic mass is 79.9. The first-order valence-corrected chi connectivity index (χ1v) is 39.7. The number of ether oxygens (including phenoxy) is 3. The zero-order valence-electron chi connectivity index (χ0n) is 64.8. The molecule has 5 N–H and O–H groups in total. The Balaban J connectivity index is 0.00000123. The molecule has 0 radical (unpaired) electrons. The topological polar surface area (TPSA) is 445 Å². The third kappa shape index (κ3) is 42.0. The van der Waals surface area contributed by atoms with Gasteiger partial charge in [-0.3, -0.25) is 63.8 Å². The number of esters is 3. The fourth-order valence-corrected chi connectivity index (χ4v) is 12.6. The Morgan fingerprint density at radius 3 is 1.54 bits per heavy atom. The second-order valence-electron chi connectivity index (χ2n) is 31.3. The molecule has 108 heavy (non-hydrogen) atoms. The molecular formula is C70H121Br2N10O22S4+. The number of Topliss-reactive ketones (excluding diaryl/α,β-unsaturated/α-hetero) is 1. The maximum atomic E-state index is 12.5. The molecule has 9 fully saturated rings. The number of halogens is 2. The van der Waals surface area contributed by atoms with Gasteiger partial charge in [0.15, 0.2) is 5.78 Å². The summed E-state index contributed by atoms with van der Waals surface area (Å²) in [4.78, 5) is 104. The Labute approximate surface area is 673 Å². The number of carbonyl (C=O) groups is 5. The van der Waals surface area contributed by atoms with Crippen molar-refractivity contribution in [3.05, 3.63) is 88.8 Å². The quantitative estimate of drug-likeness (QED) is 0.00986. The summed E-state index contributed by atoms with van der Waals surface area (Å²) in [7, 11) is -3.45. The molecule has 9 aliphatic rings. The van der Waals surface area contributed by atoms with Gasteiger partial charge in [0, 0.05) is 137 Å². The minimum absolute atomic E-state index is 0. The molecular weight excluding hydrogens is 1620 g/mol. The van der Waals surface area contributed by atoms with Crippen molar-refractivity contribution < 1.29 is 90.1 Å². The number of hydrogen-bond acceptors (Lipinski definition) is 26. The van der Waals surface area contributed by atoms with Gasteiger partial charge in [-0.15, -0.1) is 0 Å². The van der Waals surface area contributed by atoms with Crippen molar-refractivity contribution in [3.63, 3.8) is 0 Å². The summed E-state index contributed by atoms with van der Waals surface area (Å²) in [5.74, 6) is 2.04. The molecule has 0 amide bonds. The Hall–Kier alpha value is -5.03. The molecule has 32 nitrogen and oxygen atoms in total. The molecule has 1 aromatic carbocycles. The maximum Gasteiger partial charge on any atom is 0.330 e. The Bertz CT molecular complexity index is 3280. The largest absolute Gasteiger partial charge is 0.483 e. The van der Waals surface area contributed by atoms with E-state index in [4.69, 9.17) is 39.5 Å². The van der Waals surface area contributed by atoms with Crippen molar-refractivity contribution >= 4 is 113 Å². The first-order chi connectivity index (χ1) is 48.7. The number of likely N-dealkylation sites (tertiary alicyclic amines) is 3. The number of nitrogens with two attached hydrogens (primary N) is 1. The van der Waals surface area contributed by atoms with Gasteiger partial charge in [0.25, 0.3) is 16.6 Å². The van der Waals surface area contributed by atoms with Gasteiger partial charge >= 0.3 is 17.9 Å². The highest BCUT2D eigenvalue weighted by Gasteiger charge is 2.55. The van der Waals surface area contributed by atoms with Crippen molar-refractivity contribution in [2.24, 2.45) is 47.2 Å². The number of nitrogens with one attached hydrogen (secondary N) is 1. The van der Waals surface area contributed by atoms with Crippen LogP contribution in [-0.2, 0) is 47.7 Å². The summed E-state index contributed by atoms with van der Waals surface area (Å²) in [5.41, 5.74) is 6.08. The van der Waals surface area contributed by atoms with Crippen LogP contribution in [0.25, 0.3) is 11.4 Å². The van der Waals surface area contributed by atoms with Crippen LogP contribution in [0.15, 0.2) is 41.4 Å². The van der Waals surface area contributed by atoms with Crippen LogP contribution in [-0.4, -0.2) is 222 Å². The lowest BCUT2D eigenvalue weighted by atomic mass is 10.0. The number of benzene rings is 1.